The molecule has 1 aliphatic carbocycles. The summed E-state index contributed by atoms with van der Waals surface area (Å²) >= 11 is 0. The van der Waals surface area contributed by atoms with Crippen LogP contribution in [-0.4, -0.2) is 19.8 Å². The third kappa shape index (κ3) is 2.05. The fraction of sp³-hybridized carbons (Fsp3) is 1.00. The van der Waals surface area contributed by atoms with Crippen LogP contribution in [0.2, 0.25) is 0 Å². The molecule has 13 heavy (non-hydrogen) atoms. The summed E-state index contributed by atoms with van der Waals surface area (Å²) < 4.78 is 5.37. The van der Waals surface area contributed by atoms with E-state index in [1.54, 1.807) is 0 Å². The van der Waals surface area contributed by atoms with Crippen LogP contribution in [0.25, 0.3) is 0 Å². The molecule has 76 valence electrons. The molecule has 0 amide bonds. The highest BCUT2D eigenvalue weighted by Crippen LogP contribution is 2.46. The van der Waals surface area contributed by atoms with E-state index >= 15 is 0 Å². The minimum absolute atomic E-state index is 0.544. The normalized spacial score (nSPS) is 28.4. The first-order valence-electron chi connectivity index (χ1n) is 5.62. The van der Waals surface area contributed by atoms with Crippen LogP contribution in [0.15, 0.2) is 0 Å². The van der Waals surface area contributed by atoms with E-state index in [1.807, 2.05) is 0 Å². The van der Waals surface area contributed by atoms with Gasteiger partial charge in [-0.2, -0.15) is 0 Å². The van der Waals surface area contributed by atoms with Gasteiger partial charge in [-0.05, 0) is 50.0 Å². The highest BCUT2D eigenvalue weighted by Gasteiger charge is 2.37. The average Bonchev–Trinajstić information content (AvgIpc) is 2.13. The summed E-state index contributed by atoms with van der Waals surface area (Å²) in [6.07, 6.45) is 8.05. The predicted molar refractivity (Wildman–Crippen MR) is 53.5 cm³/mol. The lowest BCUT2D eigenvalue weighted by Gasteiger charge is -2.44. The van der Waals surface area contributed by atoms with Gasteiger partial charge in [-0.3, -0.25) is 0 Å². The third-order valence-corrected chi connectivity index (χ3v) is 3.91. The van der Waals surface area contributed by atoms with Crippen LogP contribution in [0.4, 0.5) is 0 Å². The highest BCUT2D eigenvalue weighted by molar-refractivity contribution is 4.90. The Balaban J connectivity index is 1.81. The SMILES string of the molecule is NCC1(CC2CCOCC2)CCC1. The molecule has 2 rings (SSSR count). The third-order valence-electron chi connectivity index (χ3n) is 3.91. The number of ether oxygens (including phenoxy) is 1. The van der Waals surface area contributed by atoms with Gasteiger partial charge in [0.05, 0.1) is 0 Å². The van der Waals surface area contributed by atoms with Gasteiger partial charge in [-0.25, -0.2) is 0 Å². The van der Waals surface area contributed by atoms with E-state index in [-0.39, 0.29) is 0 Å². The van der Waals surface area contributed by atoms with E-state index in [2.05, 4.69) is 0 Å². The molecule has 0 spiro atoms. The van der Waals surface area contributed by atoms with E-state index in [0.29, 0.717) is 5.41 Å². The Labute approximate surface area is 80.8 Å². The van der Waals surface area contributed by atoms with Crippen molar-refractivity contribution in [2.45, 2.75) is 38.5 Å². The molecule has 1 saturated carbocycles. The standard InChI is InChI=1S/C11H21NO/c12-9-11(4-1-5-11)8-10-2-6-13-7-3-10/h10H,1-9,12H2. The Hall–Kier alpha value is -0.0800. The quantitative estimate of drug-likeness (QED) is 0.725. The lowest BCUT2D eigenvalue weighted by Crippen LogP contribution is -2.39. The van der Waals surface area contributed by atoms with Crippen molar-refractivity contribution in [1.82, 2.24) is 0 Å². The van der Waals surface area contributed by atoms with Crippen molar-refractivity contribution in [3.8, 4) is 0 Å². The van der Waals surface area contributed by atoms with Gasteiger partial charge in [0.2, 0.25) is 0 Å². The summed E-state index contributed by atoms with van der Waals surface area (Å²) in [5, 5.41) is 0. The Morgan fingerprint density at radius 3 is 2.38 bits per heavy atom. The molecule has 0 atom stereocenters. The number of hydrogen-bond donors (Lipinski definition) is 1. The van der Waals surface area contributed by atoms with Gasteiger partial charge in [-0.15, -0.1) is 0 Å². The predicted octanol–water partition coefficient (Wildman–Crippen LogP) is 1.93. The van der Waals surface area contributed by atoms with Crippen LogP contribution in [0.5, 0.6) is 0 Å². The van der Waals surface area contributed by atoms with Gasteiger partial charge in [0.15, 0.2) is 0 Å². The molecule has 1 aliphatic heterocycles. The van der Waals surface area contributed by atoms with Crippen LogP contribution in [-0.2, 0) is 4.74 Å². The number of hydrogen-bond acceptors (Lipinski definition) is 2. The Morgan fingerprint density at radius 1 is 1.23 bits per heavy atom. The number of rotatable bonds is 3. The second kappa shape index (κ2) is 3.97. The van der Waals surface area contributed by atoms with Gasteiger partial charge in [0.25, 0.3) is 0 Å². The first-order valence-corrected chi connectivity index (χ1v) is 5.62. The molecule has 0 unspecified atom stereocenters. The fourth-order valence-corrected chi connectivity index (χ4v) is 2.73. The first-order chi connectivity index (χ1) is 6.35. The summed E-state index contributed by atoms with van der Waals surface area (Å²) in [7, 11) is 0. The lowest BCUT2D eigenvalue weighted by atomic mass is 9.63. The molecule has 0 radical (unpaired) electrons. The highest BCUT2D eigenvalue weighted by atomic mass is 16.5. The van der Waals surface area contributed by atoms with Crippen LogP contribution in [0, 0.1) is 11.3 Å². The van der Waals surface area contributed by atoms with Crippen molar-refractivity contribution in [3.63, 3.8) is 0 Å². The Kier molecular flexibility index (Phi) is 2.89. The maximum atomic E-state index is 5.85. The fourth-order valence-electron chi connectivity index (χ4n) is 2.73. The second-order valence-electron chi connectivity index (χ2n) is 4.82. The Bertz CT molecular complexity index is 154. The smallest absolute Gasteiger partial charge is 0.0468 e. The van der Waals surface area contributed by atoms with Crippen molar-refractivity contribution in [2.75, 3.05) is 19.8 Å². The van der Waals surface area contributed by atoms with Gasteiger partial charge < -0.3 is 10.5 Å². The molecular weight excluding hydrogens is 162 g/mol. The zero-order chi connectivity index (χ0) is 9.15. The van der Waals surface area contributed by atoms with E-state index in [1.165, 1.54) is 38.5 Å². The molecule has 0 aromatic rings. The van der Waals surface area contributed by atoms with Gasteiger partial charge >= 0.3 is 0 Å². The van der Waals surface area contributed by atoms with E-state index in [9.17, 15) is 0 Å². The van der Waals surface area contributed by atoms with Crippen LogP contribution in [0.1, 0.15) is 38.5 Å². The van der Waals surface area contributed by atoms with E-state index in [4.69, 9.17) is 10.5 Å². The van der Waals surface area contributed by atoms with Gasteiger partial charge in [-0.1, -0.05) is 6.42 Å². The molecule has 1 saturated heterocycles. The topological polar surface area (TPSA) is 35.2 Å². The lowest BCUT2D eigenvalue weighted by molar-refractivity contribution is 0.0274. The van der Waals surface area contributed by atoms with Crippen molar-refractivity contribution >= 4 is 0 Å². The molecule has 1 heterocycles. The maximum Gasteiger partial charge on any atom is 0.0468 e. The molecule has 2 N–H and O–H groups in total. The summed E-state index contributed by atoms with van der Waals surface area (Å²) in [6, 6.07) is 0. The van der Waals surface area contributed by atoms with E-state index in [0.717, 1.165) is 25.7 Å². The summed E-state index contributed by atoms with van der Waals surface area (Å²) in [6.45, 7) is 2.86. The molecule has 2 nitrogen and oxygen atoms in total. The zero-order valence-corrected chi connectivity index (χ0v) is 8.43. The molecule has 2 aliphatic rings. The van der Waals surface area contributed by atoms with Crippen molar-refractivity contribution in [1.29, 1.82) is 0 Å². The largest absolute Gasteiger partial charge is 0.381 e. The van der Waals surface area contributed by atoms with Gasteiger partial charge in [0.1, 0.15) is 0 Å². The molecule has 0 aromatic carbocycles. The maximum absolute atomic E-state index is 5.85. The van der Waals surface area contributed by atoms with Gasteiger partial charge in [0, 0.05) is 13.2 Å². The van der Waals surface area contributed by atoms with Crippen LogP contribution >= 0.6 is 0 Å². The zero-order valence-electron chi connectivity index (χ0n) is 8.43. The van der Waals surface area contributed by atoms with Crippen molar-refractivity contribution in [2.24, 2.45) is 17.1 Å². The Morgan fingerprint density at radius 2 is 1.92 bits per heavy atom. The molecule has 2 heteroatoms. The monoisotopic (exact) mass is 183 g/mol. The summed E-state index contributed by atoms with van der Waals surface area (Å²) in [4.78, 5) is 0. The molecule has 0 aromatic heterocycles. The van der Waals surface area contributed by atoms with Crippen molar-refractivity contribution in [3.05, 3.63) is 0 Å². The summed E-state index contributed by atoms with van der Waals surface area (Å²) in [5.74, 6) is 0.901. The average molecular weight is 183 g/mol. The van der Waals surface area contributed by atoms with Crippen LogP contribution in [0.3, 0.4) is 0 Å². The second-order valence-corrected chi connectivity index (χ2v) is 4.82. The molecule has 0 bridgehead atoms. The summed E-state index contributed by atoms with van der Waals surface area (Å²) in [5.41, 5.74) is 6.40. The van der Waals surface area contributed by atoms with Crippen molar-refractivity contribution < 1.29 is 4.74 Å². The molecular formula is C11H21NO. The van der Waals surface area contributed by atoms with Crippen LogP contribution < -0.4 is 5.73 Å². The minimum Gasteiger partial charge on any atom is -0.381 e. The number of nitrogens with two attached hydrogens (primary N) is 1. The first kappa shape index (κ1) is 9.47. The molecule has 2 fully saturated rings. The minimum atomic E-state index is 0.544. The van der Waals surface area contributed by atoms with E-state index < -0.39 is 0 Å².